The molecule has 2 N–H and O–H groups in total. The summed E-state index contributed by atoms with van der Waals surface area (Å²) in [4.78, 5) is 13.8. The highest BCUT2D eigenvalue weighted by atomic mass is 16.6. The van der Waals surface area contributed by atoms with Crippen LogP contribution in [0.15, 0.2) is 0 Å². The van der Waals surface area contributed by atoms with E-state index in [1.165, 1.54) is 0 Å². The molecule has 2 atom stereocenters. The van der Waals surface area contributed by atoms with E-state index < -0.39 is 0 Å². The fraction of sp³-hybridized carbons (Fsp3) is 0.929. The van der Waals surface area contributed by atoms with Crippen molar-refractivity contribution in [1.29, 1.82) is 0 Å². The third kappa shape index (κ3) is 6.84. The Balaban J connectivity index is 4.45. The van der Waals surface area contributed by atoms with E-state index in [9.17, 15) is 4.79 Å². The molecule has 0 bridgehead atoms. The number of nitrogens with zero attached hydrogens (tertiary/aromatic N) is 1. The van der Waals surface area contributed by atoms with E-state index in [1.54, 1.807) is 4.90 Å². The molecular weight excluding hydrogens is 228 g/mol. The van der Waals surface area contributed by atoms with E-state index in [0.717, 1.165) is 12.8 Å². The summed E-state index contributed by atoms with van der Waals surface area (Å²) in [5, 5.41) is 0. The molecule has 0 spiro atoms. The summed E-state index contributed by atoms with van der Waals surface area (Å²) in [6.45, 7) is 13.4. The molecule has 18 heavy (non-hydrogen) atoms. The third-order valence-corrected chi connectivity index (χ3v) is 3.05. The highest BCUT2D eigenvalue weighted by molar-refractivity contribution is 5.67. The quantitative estimate of drug-likeness (QED) is 0.796. The second-order valence-corrected chi connectivity index (χ2v) is 6.17. The predicted octanol–water partition coefficient (Wildman–Crippen LogP) is 3.01. The number of ether oxygens (including phenoxy) is 1. The number of rotatable bonds is 6. The Morgan fingerprint density at radius 3 is 2.28 bits per heavy atom. The summed E-state index contributed by atoms with van der Waals surface area (Å²) in [6.07, 6.45) is 1.67. The molecule has 1 amide bonds. The van der Waals surface area contributed by atoms with Crippen LogP contribution in [0.5, 0.6) is 0 Å². The van der Waals surface area contributed by atoms with Gasteiger partial charge < -0.3 is 15.4 Å². The van der Waals surface area contributed by atoms with Crippen molar-refractivity contribution in [2.75, 3.05) is 13.1 Å². The lowest BCUT2D eigenvalue weighted by Crippen LogP contribution is -2.43. The van der Waals surface area contributed by atoms with Gasteiger partial charge in [0.25, 0.3) is 0 Å². The maximum atomic E-state index is 12.1. The van der Waals surface area contributed by atoms with Gasteiger partial charge in [0.05, 0.1) is 0 Å². The van der Waals surface area contributed by atoms with Gasteiger partial charge in [0.1, 0.15) is 6.10 Å². The fourth-order valence-corrected chi connectivity index (χ4v) is 1.36. The van der Waals surface area contributed by atoms with Gasteiger partial charge in [-0.1, -0.05) is 34.1 Å². The first kappa shape index (κ1) is 17.2. The number of carbonyl (C=O) groups excluding carboxylic acids is 1. The lowest BCUT2D eigenvalue weighted by atomic mass is 9.90. The molecule has 0 aliphatic carbocycles. The predicted molar refractivity (Wildman–Crippen MR) is 75.5 cm³/mol. The zero-order valence-corrected chi connectivity index (χ0v) is 12.8. The van der Waals surface area contributed by atoms with Crippen LogP contribution in [0.25, 0.3) is 0 Å². The molecule has 108 valence electrons. The highest BCUT2D eigenvalue weighted by Gasteiger charge is 2.26. The first-order valence-corrected chi connectivity index (χ1v) is 6.89. The van der Waals surface area contributed by atoms with Crippen molar-refractivity contribution in [3.8, 4) is 0 Å². The van der Waals surface area contributed by atoms with Crippen LogP contribution in [0.4, 0.5) is 4.79 Å². The van der Waals surface area contributed by atoms with Crippen LogP contribution in [-0.4, -0.2) is 36.2 Å². The van der Waals surface area contributed by atoms with Gasteiger partial charge in [0.2, 0.25) is 0 Å². The molecule has 0 saturated heterocycles. The molecule has 0 saturated carbocycles. The molecule has 0 radical (unpaired) electrons. The lowest BCUT2D eigenvalue weighted by molar-refractivity contribution is 0.0194. The largest absolute Gasteiger partial charge is 0.446 e. The number of unbranched alkanes of at least 4 members (excludes halogenated alkanes) is 1. The molecule has 0 aromatic heterocycles. The van der Waals surface area contributed by atoms with Crippen molar-refractivity contribution < 1.29 is 9.53 Å². The molecular formula is C14H30N2O2. The lowest BCUT2D eigenvalue weighted by Gasteiger charge is -2.31. The highest BCUT2D eigenvalue weighted by Crippen LogP contribution is 2.22. The van der Waals surface area contributed by atoms with Gasteiger partial charge in [-0.15, -0.1) is 0 Å². The average molecular weight is 258 g/mol. The van der Waals surface area contributed by atoms with Gasteiger partial charge in [-0.05, 0) is 25.7 Å². The smallest absolute Gasteiger partial charge is 0.410 e. The van der Waals surface area contributed by atoms with Gasteiger partial charge in [0.15, 0.2) is 0 Å². The molecule has 4 heteroatoms. The Bertz CT molecular complexity index is 247. The molecule has 0 aliphatic heterocycles. The minimum Gasteiger partial charge on any atom is -0.446 e. The van der Waals surface area contributed by atoms with Gasteiger partial charge in [-0.2, -0.15) is 0 Å². The standard InChI is InChI=1S/C14H30N2O2/c1-7-8-9-16(10-11(2)15)13(17)18-12(3)14(4,5)6/h11-12H,7-10,15H2,1-6H3/t11?,12-/m1/s1. The van der Waals surface area contributed by atoms with Crippen LogP contribution in [0.3, 0.4) is 0 Å². The Kier molecular flexibility index (Phi) is 7.29. The van der Waals surface area contributed by atoms with E-state index in [1.807, 2.05) is 13.8 Å². The van der Waals surface area contributed by atoms with E-state index in [2.05, 4.69) is 27.7 Å². The number of amides is 1. The summed E-state index contributed by atoms with van der Waals surface area (Å²) in [5.74, 6) is 0. The average Bonchev–Trinajstić information content (AvgIpc) is 2.22. The first-order valence-electron chi connectivity index (χ1n) is 6.89. The van der Waals surface area contributed by atoms with Gasteiger partial charge in [-0.25, -0.2) is 4.79 Å². The van der Waals surface area contributed by atoms with Crippen molar-refractivity contribution in [2.24, 2.45) is 11.1 Å². The van der Waals surface area contributed by atoms with Crippen LogP contribution in [0.1, 0.15) is 54.4 Å². The van der Waals surface area contributed by atoms with E-state index in [0.29, 0.717) is 13.1 Å². The maximum Gasteiger partial charge on any atom is 0.410 e. The summed E-state index contributed by atoms with van der Waals surface area (Å²) in [5.41, 5.74) is 5.73. The Morgan fingerprint density at radius 2 is 1.89 bits per heavy atom. The molecule has 4 nitrogen and oxygen atoms in total. The van der Waals surface area contributed by atoms with Crippen molar-refractivity contribution >= 4 is 6.09 Å². The number of hydrogen-bond acceptors (Lipinski definition) is 3. The van der Waals surface area contributed by atoms with Gasteiger partial charge >= 0.3 is 6.09 Å². The van der Waals surface area contributed by atoms with E-state index >= 15 is 0 Å². The zero-order chi connectivity index (χ0) is 14.3. The second-order valence-electron chi connectivity index (χ2n) is 6.17. The van der Waals surface area contributed by atoms with Crippen molar-refractivity contribution in [3.05, 3.63) is 0 Å². The Labute approximate surface area is 112 Å². The Hall–Kier alpha value is -0.770. The number of hydrogen-bond donors (Lipinski definition) is 1. The Morgan fingerprint density at radius 1 is 1.33 bits per heavy atom. The monoisotopic (exact) mass is 258 g/mol. The summed E-state index contributed by atoms with van der Waals surface area (Å²) < 4.78 is 5.51. The van der Waals surface area contributed by atoms with E-state index in [-0.39, 0.29) is 23.7 Å². The molecule has 0 aliphatic rings. The van der Waals surface area contributed by atoms with Gasteiger partial charge in [-0.3, -0.25) is 0 Å². The normalized spacial score (nSPS) is 15.1. The molecule has 0 fully saturated rings. The third-order valence-electron chi connectivity index (χ3n) is 3.05. The minimum atomic E-state index is -0.247. The number of nitrogens with two attached hydrogens (primary N) is 1. The molecule has 0 aromatic carbocycles. The van der Waals surface area contributed by atoms with Crippen molar-refractivity contribution in [1.82, 2.24) is 4.90 Å². The molecule has 0 heterocycles. The van der Waals surface area contributed by atoms with Crippen LogP contribution < -0.4 is 5.73 Å². The SMILES string of the molecule is CCCCN(CC(C)N)C(=O)O[C@H](C)C(C)(C)C. The van der Waals surface area contributed by atoms with E-state index in [4.69, 9.17) is 10.5 Å². The molecule has 0 rings (SSSR count). The maximum absolute atomic E-state index is 12.1. The zero-order valence-electron chi connectivity index (χ0n) is 12.8. The molecule has 1 unspecified atom stereocenters. The van der Waals surface area contributed by atoms with Crippen LogP contribution >= 0.6 is 0 Å². The van der Waals surface area contributed by atoms with Gasteiger partial charge in [0, 0.05) is 19.1 Å². The molecule has 0 aromatic rings. The van der Waals surface area contributed by atoms with Crippen LogP contribution in [0, 0.1) is 5.41 Å². The van der Waals surface area contributed by atoms with Crippen molar-refractivity contribution in [2.45, 2.75) is 66.5 Å². The fourth-order valence-electron chi connectivity index (χ4n) is 1.36. The van der Waals surface area contributed by atoms with Crippen LogP contribution in [0.2, 0.25) is 0 Å². The number of carbonyl (C=O) groups is 1. The van der Waals surface area contributed by atoms with Crippen LogP contribution in [-0.2, 0) is 4.74 Å². The van der Waals surface area contributed by atoms with Crippen molar-refractivity contribution in [3.63, 3.8) is 0 Å². The minimum absolute atomic E-state index is 0.0284. The summed E-state index contributed by atoms with van der Waals surface area (Å²) >= 11 is 0. The second kappa shape index (κ2) is 7.62. The topological polar surface area (TPSA) is 55.6 Å². The summed E-state index contributed by atoms with van der Waals surface area (Å²) in [6, 6.07) is -0.0284. The first-order chi connectivity index (χ1) is 8.18. The summed E-state index contributed by atoms with van der Waals surface area (Å²) in [7, 11) is 0.